The summed E-state index contributed by atoms with van der Waals surface area (Å²) in [5.41, 5.74) is 1.42. The number of rotatable bonds is 6. The molecule has 0 saturated carbocycles. The number of nitrogens with one attached hydrogen (secondary N) is 1. The fourth-order valence-corrected chi connectivity index (χ4v) is 3.18. The van der Waals surface area contributed by atoms with Crippen molar-refractivity contribution in [2.75, 3.05) is 5.32 Å². The van der Waals surface area contributed by atoms with E-state index in [0.717, 1.165) is 22.2 Å². The fourth-order valence-electron chi connectivity index (χ4n) is 3.18. The first kappa shape index (κ1) is 19.9. The van der Waals surface area contributed by atoms with E-state index in [1.807, 2.05) is 66.3 Å². The number of benzene rings is 3. The molecule has 4 rings (SSSR count). The minimum absolute atomic E-state index is 0.0228. The molecule has 31 heavy (non-hydrogen) atoms. The van der Waals surface area contributed by atoms with Gasteiger partial charge in [0.15, 0.2) is 0 Å². The van der Waals surface area contributed by atoms with E-state index in [1.54, 1.807) is 36.5 Å². The lowest BCUT2D eigenvalue weighted by molar-refractivity contribution is -0.112. The lowest BCUT2D eigenvalue weighted by Gasteiger charge is -2.08. The zero-order chi connectivity index (χ0) is 21.6. The second-order valence-electron chi connectivity index (χ2n) is 6.96. The van der Waals surface area contributed by atoms with Crippen LogP contribution in [0.15, 0.2) is 84.7 Å². The summed E-state index contributed by atoms with van der Waals surface area (Å²) in [5.74, 6) is 1.05. The summed E-state index contributed by atoms with van der Waals surface area (Å²) in [6.07, 6.45) is 5.14. The second-order valence-corrected chi connectivity index (χ2v) is 6.96. The molecule has 0 bridgehead atoms. The van der Waals surface area contributed by atoms with Gasteiger partial charge in [-0.25, -0.2) is 4.98 Å². The van der Waals surface area contributed by atoms with Crippen LogP contribution in [-0.4, -0.2) is 15.5 Å². The predicted molar refractivity (Wildman–Crippen MR) is 120 cm³/mol. The highest BCUT2D eigenvalue weighted by Gasteiger charge is 2.11. The number of hydrogen-bond donors (Lipinski definition) is 1. The van der Waals surface area contributed by atoms with E-state index in [-0.39, 0.29) is 5.57 Å². The Labute approximate surface area is 180 Å². The van der Waals surface area contributed by atoms with Crippen LogP contribution in [0.2, 0.25) is 0 Å². The largest absolute Gasteiger partial charge is 0.486 e. The van der Waals surface area contributed by atoms with Crippen LogP contribution < -0.4 is 10.1 Å². The van der Waals surface area contributed by atoms with E-state index in [4.69, 9.17) is 4.74 Å². The maximum absolute atomic E-state index is 12.7. The molecule has 0 aliphatic heterocycles. The van der Waals surface area contributed by atoms with Gasteiger partial charge >= 0.3 is 0 Å². The van der Waals surface area contributed by atoms with Crippen molar-refractivity contribution >= 4 is 28.4 Å². The predicted octanol–water partition coefficient (Wildman–Crippen LogP) is 4.70. The Bertz CT molecular complexity index is 1290. The smallest absolute Gasteiger partial charge is 0.266 e. The van der Waals surface area contributed by atoms with Crippen molar-refractivity contribution in [1.82, 2.24) is 9.55 Å². The van der Waals surface area contributed by atoms with Gasteiger partial charge in [0, 0.05) is 30.5 Å². The standard InChI is InChI=1S/C25H20N4O2/c1-29-14-13-27-24(29)17-31-21-11-9-18(10-12-21)15-20(16-26)25(30)28-23-8-4-6-19-5-2-3-7-22(19)23/h2-15H,17H2,1H3,(H,28,30). The molecule has 1 aromatic heterocycles. The molecule has 1 amide bonds. The Hall–Kier alpha value is -4.37. The molecule has 6 nitrogen and oxygen atoms in total. The van der Waals surface area contributed by atoms with E-state index < -0.39 is 5.91 Å². The first-order valence-corrected chi connectivity index (χ1v) is 9.74. The van der Waals surface area contributed by atoms with Gasteiger partial charge in [-0.05, 0) is 35.2 Å². The number of hydrogen-bond acceptors (Lipinski definition) is 4. The number of aromatic nitrogens is 2. The van der Waals surface area contributed by atoms with Crippen molar-refractivity contribution in [1.29, 1.82) is 5.26 Å². The monoisotopic (exact) mass is 408 g/mol. The lowest BCUT2D eigenvalue weighted by atomic mass is 10.1. The minimum atomic E-state index is -0.450. The van der Waals surface area contributed by atoms with E-state index in [9.17, 15) is 10.1 Å². The Morgan fingerprint density at radius 3 is 2.65 bits per heavy atom. The molecule has 0 aliphatic carbocycles. The van der Waals surface area contributed by atoms with Crippen LogP contribution >= 0.6 is 0 Å². The number of ether oxygens (including phenoxy) is 1. The molecule has 1 N–H and O–H groups in total. The van der Waals surface area contributed by atoms with Gasteiger partial charge in [-0.1, -0.05) is 48.5 Å². The molecule has 0 unspecified atom stereocenters. The molecule has 0 aliphatic rings. The van der Waals surface area contributed by atoms with E-state index in [0.29, 0.717) is 18.0 Å². The summed E-state index contributed by atoms with van der Waals surface area (Å²) in [6.45, 7) is 0.357. The summed E-state index contributed by atoms with van der Waals surface area (Å²) in [6, 6.07) is 22.6. The number of amides is 1. The van der Waals surface area contributed by atoms with Gasteiger partial charge in [-0.2, -0.15) is 5.26 Å². The molecule has 0 fully saturated rings. The van der Waals surface area contributed by atoms with Crippen LogP contribution in [-0.2, 0) is 18.4 Å². The number of nitrogens with zero attached hydrogens (tertiary/aromatic N) is 3. The molecular formula is C25H20N4O2. The zero-order valence-electron chi connectivity index (χ0n) is 16.9. The third kappa shape index (κ3) is 4.62. The van der Waals surface area contributed by atoms with Crippen molar-refractivity contribution in [3.05, 3.63) is 96.1 Å². The quantitative estimate of drug-likeness (QED) is 0.370. The molecule has 3 aromatic carbocycles. The Kier molecular flexibility index (Phi) is 5.77. The number of carbonyl (C=O) groups excluding carboxylic acids is 1. The third-order valence-corrected chi connectivity index (χ3v) is 4.88. The van der Waals surface area contributed by atoms with Gasteiger partial charge in [-0.15, -0.1) is 0 Å². The molecule has 0 radical (unpaired) electrons. The van der Waals surface area contributed by atoms with Crippen molar-refractivity contribution in [2.24, 2.45) is 7.05 Å². The Morgan fingerprint density at radius 1 is 1.13 bits per heavy atom. The van der Waals surface area contributed by atoms with Crippen LogP contribution in [0, 0.1) is 11.3 Å². The second kappa shape index (κ2) is 8.97. The highest BCUT2D eigenvalue weighted by molar-refractivity contribution is 6.12. The van der Waals surface area contributed by atoms with Gasteiger partial charge < -0.3 is 14.6 Å². The number of anilines is 1. The molecule has 6 heteroatoms. The Balaban J connectivity index is 1.46. The fraction of sp³-hybridized carbons (Fsp3) is 0.0800. The summed E-state index contributed by atoms with van der Waals surface area (Å²) in [4.78, 5) is 16.9. The van der Waals surface area contributed by atoms with E-state index in [1.165, 1.54) is 0 Å². The molecule has 0 atom stereocenters. The molecule has 0 spiro atoms. The number of aryl methyl sites for hydroxylation is 1. The number of fused-ring (bicyclic) bond motifs is 1. The maximum atomic E-state index is 12.7. The van der Waals surface area contributed by atoms with Crippen molar-refractivity contribution in [3.8, 4) is 11.8 Å². The maximum Gasteiger partial charge on any atom is 0.266 e. The Morgan fingerprint density at radius 2 is 1.90 bits per heavy atom. The third-order valence-electron chi connectivity index (χ3n) is 4.88. The van der Waals surface area contributed by atoms with Crippen LogP contribution in [0.3, 0.4) is 0 Å². The molecule has 4 aromatic rings. The summed E-state index contributed by atoms with van der Waals surface area (Å²) in [7, 11) is 1.91. The van der Waals surface area contributed by atoms with Crippen molar-refractivity contribution in [3.63, 3.8) is 0 Å². The number of imidazole rings is 1. The normalized spacial score (nSPS) is 11.2. The minimum Gasteiger partial charge on any atom is -0.486 e. The number of nitriles is 1. The van der Waals surface area contributed by atoms with Gasteiger partial charge in [0.2, 0.25) is 0 Å². The summed E-state index contributed by atoms with van der Waals surface area (Å²) in [5, 5.41) is 14.3. The van der Waals surface area contributed by atoms with Gasteiger partial charge in [0.25, 0.3) is 5.91 Å². The van der Waals surface area contributed by atoms with Gasteiger partial charge in [0.1, 0.15) is 29.8 Å². The molecule has 1 heterocycles. The zero-order valence-corrected chi connectivity index (χ0v) is 16.9. The summed E-state index contributed by atoms with van der Waals surface area (Å²) < 4.78 is 7.63. The molecule has 0 saturated heterocycles. The van der Waals surface area contributed by atoms with E-state index in [2.05, 4.69) is 10.3 Å². The SMILES string of the molecule is Cn1ccnc1COc1ccc(C=C(C#N)C(=O)Nc2cccc3ccccc23)cc1. The topological polar surface area (TPSA) is 79.9 Å². The van der Waals surface area contributed by atoms with Crippen LogP contribution in [0.5, 0.6) is 5.75 Å². The molecular weight excluding hydrogens is 388 g/mol. The molecule has 152 valence electrons. The van der Waals surface area contributed by atoms with Crippen molar-refractivity contribution < 1.29 is 9.53 Å². The van der Waals surface area contributed by atoms with Gasteiger partial charge in [-0.3, -0.25) is 4.79 Å². The first-order chi connectivity index (χ1) is 15.1. The van der Waals surface area contributed by atoms with E-state index >= 15 is 0 Å². The summed E-state index contributed by atoms with van der Waals surface area (Å²) >= 11 is 0. The average Bonchev–Trinajstić information content (AvgIpc) is 3.21. The van der Waals surface area contributed by atoms with Crippen molar-refractivity contribution in [2.45, 2.75) is 6.61 Å². The van der Waals surface area contributed by atoms with Crippen LogP contribution in [0.4, 0.5) is 5.69 Å². The highest BCUT2D eigenvalue weighted by atomic mass is 16.5. The number of carbonyl (C=O) groups is 1. The first-order valence-electron chi connectivity index (χ1n) is 9.74. The average molecular weight is 408 g/mol. The lowest BCUT2D eigenvalue weighted by Crippen LogP contribution is -2.13. The highest BCUT2D eigenvalue weighted by Crippen LogP contribution is 2.24. The van der Waals surface area contributed by atoms with Gasteiger partial charge in [0.05, 0.1) is 0 Å². The van der Waals surface area contributed by atoms with Crippen LogP contribution in [0.1, 0.15) is 11.4 Å². The van der Waals surface area contributed by atoms with Crippen LogP contribution in [0.25, 0.3) is 16.8 Å².